The summed E-state index contributed by atoms with van der Waals surface area (Å²) in [5.41, 5.74) is 11.4. The predicted molar refractivity (Wildman–Crippen MR) is 166 cm³/mol. The molecule has 0 heteroatoms. The molecule has 0 aliphatic heterocycles. The summed E-state index contributed by atoms with van der Waals surface area (Å²) in [6.45, 7) is 24.3. The monoisotopic (exact) mass is 480 g/mol. The summed E-state index contributed by atoms with van der Waals surface area (Å²) in [4.78, 5) is 0. The fraction of sp³-hybridized carbons (Fsp3) is 0.333. The van der Waals surface area contributed by atoms with Crippen molar-refractivity contribution in [2.75, 3.05) is 0 Å². The Hall–Kier alpha value is -3.12. The second kappa shape index (κ2) is 17.3. The molecule has 0 aromatic heterocycles. The minimum absolute atomic E-state index is 0.502. The van der Waals surface area contributed by atoms with Crippen LogP contribution in [-0.4, -0.2) is 0 Å². The van der Waals surface area contributed by atoms with Crippen molar-refractivity contribution >= 4 is 11.1 Å². The first-order valence-corrected chi connectivity index (χ1v) is 13.5. The molecular weight excluding hydrogens is 432 g/mol. The van der Waals surface area contributed by atoms with Crippen LogP contribution in [0.2, 0.25) is 0 Å². The van der Waals surface area contributed by atoms with E-state index in [2.05, 4.69) is 121 Å². The maximum Gasteiger partial charge on any atom is 0.00648 e. The van der Waals surface area contributed by atoms with Crippen molar-refractivity contribution in [3.05, 3.63) is 133 Å². The standard InChI is InChI=1S/C31H38.C3H6.C2H4/c1-6-24(7-2)19-18-23(5)14-13-15-25-20-21-29-30(22-25)27(8-3)28(9-4)31(29)26-16-11-10-12-17-26;1-3-2;1-2/h6,8,10-12,16,18-22,26H,5,7,9,13-15,17H2,1-4H3;3H,1H2,2H3;1-2H2/b19-18-,24-6-,27-8+;;. The van der Waals surface area contributed by atoms with Crippen LogP contribution in [0.4, 0.5) is 0 Å². The first kappa shape index (κ1) is 30.9. The average Bonchev–Trinajstić information content (AvgIpc) is 3.24. The average molecular weight is 481 g/mol. The van der Waals surface area contributed by atoms with Gasteiger partial charge in [-0.1, -0.05) is 104 Å². The summed E-state index contributed by atoms with van der Waals surface area (Å²) < 4.78 is 0. The van der Waals surface area contributed by atoms with Gasteiger partial charge in [-0.3, -0.25) is 0 Å². The fourth-order valence-corrected chi connectivity index (χ4v) is 4.85. The van der Waals surface area contributed by atoms with E-state index in [0.29, 0.717) is 5.92 Å². The maximum atomic E-state index is 4.25. The van der Waals surface area contributed by atoms with Gasteiger partial charge in [0.2, 0.25) is 0 Å². The van der Waals surface area contributed by atoms with E-state index in [1.807, 2.05) is 6.92 Å². The molecule has 0 nitrogen and oxygen atoms in total. The Morgan fingerprint density at radius 3 is 2.31 bits per heavy atom. The van der Waals surface area contributed by atoms with Crippen LogP contribution in [0.25, 0.3) is 11.1 Å². The zero-order valence-corrected chi connectivity index (χ0v) is 23.6. The van der Waals surface area contributed by atoms with E-state index in [1.54, 1.807) is 11.6 Å². The summed E-state index contributed by atoms with van der Waals surface area (Å²) in [5.74, 6) is 0.502. The molecule has 0 radical (unpaired) electrons. The number of hydrogen-bond donors (Lipinski definition) is 0. The van der Waals surface area contributed by atoms with Gasteiger partial charge in [-0.2, -0.15) is 0 Å². The third-order valence-corrected chi connectivity index (χ3v) is 6.58. The summed E-state index contributed by atoms with van der Waals surface area (Å²) in [7, 11) is 0. The van der Waals surface area contributed by atoms with Gasteiger partial charge in [0.15, 0.2) is 0 Å². The van der Waals surface area contributed by atoms with E-state index in [9.17, 15) is 0 Å². The number of fused-ring (bicyclic) bond motifs is 1. The number of rotatable bonds is 9. The summed E-state index contributed by atoms with van der Waals surface area (Å²) in [6.07, 6.45) is 26.3. The Morgan fingerprint density at radius 2 is 1.75 bits per heavy atom. The van der Waals surface area contributed by atoms with Gasteiger partial charge in [0.25, 0.3) is 0 Å². The van der Waals surface area contributed by atoms with E-state index in [-0.39, 0.29) is 0 Å². The number of allylic oxidation sites excluding steroid dienone is 14. The van der Waals surface area contributed by atoms with Crippen LogP contribution < -0.4 is 0 Å². The smallest absolute Gasteiger partial charge is 0.00648 e. The zero-order valence-electron chi connectivity index (χ0n) is 23.6. The molecule has 0 bridgehead atoms. The number of hydrogen-bond acceptors (Lipinski definition) is 0. The lowest BCUT2D eigenvalue weighted by Gasteiger charge is -2.18. The lowest BCUT2D eigenvalue weighted by atomic mass is 9.86. The molecule has 0 heterocycles. The van der Waals surface area contributed by atoms with E-state index in [1.165, 1.54) is 39.0 Å². The van der Waals surface area contributed by atoms with Crippen LogP contribution in [0.5, 0.6) is 0 Å². The van der Waals surface area contributed by atoms with Gasteiger partial charge in [0.05, 0.1) is 0 Å². The molecule has 0 fully saturated rings. The van der Waals surface area contributed by atoms with E-state index < -0.39 is 0 Å². The Morgan fingerprint density at radius 1 is 1.03 bits per heavy atom. The molecule has 0 spiro atoms. The van der Waals surface area contributed by atoms with Gasteiger partial charge in [-0.05, 0) is 92.7 Å². The lowest BCUT2D eigenvalue weighted by Crippen LogP contribution is -2.02. The van der Waals surface area contributed by atoms with Crippen LogP contribution in [-0.2, 0) is 6.42 Å². The Labute approximate surface area is 222 Å². The molecule has 1 aromatic rings. The first-order valence-electron chi connectivity index (χ1n) is 13.5. The van der Waals surface area contributed by atoms with Gasteiger partial charge in [0.1, 0.15) is 0 Å². The number of benzene rings is 1. The summed E-state index contributed by atoms with van der Waals surface area (Å²) in [6, 6.07) is 7.18. The largest absolute Gasteiger partial charge is 0.106 e. The van der Waals surface area contributed by atoms with Gasteiger partial charge in [0, 0.05) is 5.92 Å². The molecule has 0 saturated carbocycles. The van der Waals surface area contributed by atoms with Crippen molar-refractivity contribution in [3.63, 3.8) is 0 Å². The molecule has 2 aliphatic carbocycles. The fourth-order valence-electron chi connectivity index (χ4n) is 4.85. The normalized spacial score (nSPS) is 17.4. The highest BCUT2D eigenvalue weighted by molar-refractivity contribution is 6.01. The molecule has 0 saturated heterocycles. The Kier molecular flexibility index (Phi) is 14.9. The minimum Gasteiger partial charge on any atom is -0.106 e. The lowest BCUT2D eigenvalue weighted by molar-refractivity contribution is 0.824. The van der Waals surface area contributed by atoms with Gasteiger partial charge in [-0.15, -0.1) is 19.7 Å². The zero-order chi connectivity index (χ0) is 26.9. The second-order valence-electron chi connectivity index (χ2n) is 8.95. The van der Waals surface area contributed by atoms with Crippen molar-refractivity contribution < 1.29 is 0 Å². The predicted octanol–water partition coefficient (Wildman–Crippen LogP) is 11.2. The van der Waals surface area contributed by atoms with E-state index in [4.69, 9.17) is 0 Å². The van der Waals surface area contributed by atoms with Crippen molar-refractivity contribution in [2.24, 2.45) is 5.92 Å². The highest BCUT2D eigenvalue weighted by Gasteiger charge is 2.28. The van der Waals surface area contributed by atoms with Crippen LogP contribution in [0.3, 0.4) is 0 Å². The highest BCUT2D eigenvalue weighted by atomic mass is 14.3. The van der Waals surface area contributed by atoms with E-state index in [0.717, 1.165) is 38.5 Å². The van der Waals surface area contributed by atoms with Crippen LogP contribution >= 0.6 is 0 Å². The number of aryl methyl sites for hydroxylation is 1. The quantitative estimate of drug-likeness (QED) is 0.243. The molecule has 0 amide bonds. The van der Waals surface area contributed by atoms with Gasteiger partial charge < -0.3 is 0 Å². The Balaban J connectivity index is 0.00000120. The van der Waals surface area contributed by atoms with E-state index >= 15 is 0 Å². The minimum atomic E-state index is 0.502. The molecule has 1 unspecified atom stereocenters. The summed E-state index contributed by atoms with van der Waals surface area (Å²) >= 11 is 0. The van der Waals surface area contributed by atoms with Crippen molar-refractivity contribution in [3.8, 4) is 0 Å². The molecule has 2 aliphatic rings. The molecule has 1 atom stereocenters. The SMILES string of the molecule is C=C.C=C(/C=C\C(=C/C)CC)CCCc1ccc2c(c1)/C(=C/C)C(CC)=C2C1C=CC=CC1.C=CC. The second-order valence-corrected chi connectivity index (χ2v) is 8.95. The van der Waals surface area contributed by atoms with Crippen molar-refractivity contribution in [1.82, 2.24) is 0 Å². The van der Waals surface area contributed by atoms with Crippen molar-refractivity contribution in [1.29, 1.82) is 0 Å². The van der Waals surface area contributed by atoms with Crippen LogP contribution in [0.15, 0.2) is 116 Å². The molecule has 0 N–H and O–H groups in total. The molecule has 3 rings (SSSR count). The van der Waals surface area contributed by atoms with Gasteiger partial charge >= 0.3 is 0 Å². The third kappa shape index (κ3) is 8.52. The van der Waals surface area contributed by atoms with Crippen LogP contribution in [0, 0.1) is 5.92 Å². The molecule has 36 heavy (non-hydrogen) atoms. The molecule has 192 valence electrons. The summed E-state index contributed by atoms with van der Waals surface area (Å²) in [5, 5.41) is 0. The third-order valence-electron chi connectivity index (χ3n) is 6.58. The first-order chi connectivity index (χ1) is 17.5. The van der Waals surface area contributed by atoms with Crippen molar-refractivity contribution in [2.45, 2.75) is 73.1 Å². The Bertz CT molecular complexity index is 1050. The topological polar surface area (TPSA) is 0 Å². The van der Waals surface area contributed by atoms with Gasteiger partial charge in [-0.25, -0.2) is 0 Å². The maximum absolute atomic E-state index is 4.25. The highest BCUT2D eigenvalue weighted by Crippen LogP contribution is 2.48. The molecular formula is C36H48. The molecule has 1 aromatic carbocycles. The van der Waals surface area contributed by atoms with Crippen LogP contribution in [0.1, 0.15) is 83.4 Å².